The van der Waals surface area contributed by atoms with E-state index in [1.165, 1.54) is 0 Å². The third kappa shape index (κ3) is 3.17. The Labute approximate surface area is 118 Å². The lowest BCUT2D eigenvalue weighted by Gasteiger charge is -2.26. The number of benzene rings is 1. The lowest BCUT2D eigenvalue weighted by Crippen LogP contribution is -2.49. The van der Waals surface area contributed by atoms with Crippen molar-refractivity contribution in [1.29, 1.82) is 0 Å². The fourth-order valence-electron chi connectivity index (χ4n) is 2.05. The molecule has 1 heterocycles. The molecule has 5 nitrogen and oxygen atoms in total. The molecular weight excluding hydrogens is 254 g/mol. The number of hydrogen-bond donors (Lipinski definition) is 2. The van der Waals surface area contributed by atoms with Crippen LogP contribution in [0.25, 0.3) is 11.0 Å². The van der Waals surface area contributed by atoms with Crippen molar-refractivity contribution in [1.82, 2.24) is 10.5 Å². The normalized spacial score (nSPS) is 11.8. The molecular formula is C15H21N3O2. The molecule has 0 aliphatic carbocycles. The Bertz CT molecular complexity index is 588. The average molecular weight is 275 g/mol. The predicted octanol–water partition coefficient (Wildman–Crippen LogP) is 2.00. The van der Waals surface area contributed by atoms with Gasteiger partial charge >= 0.3 is 0 Å². The Morgan fingerprint density at radius 3 is 2.75 bits per heavy atom. The van der Waals surface area contributed by atoms with Crippen molar-refractivity contribution in [2.24, 2.45) is 5.73 Å². The van der Waals surface area contributed by atoms with E-state index in [1.54, 1.807) is 0 Å². The number of nitrogens with two attached hydrogens (primary N) is 1. The molecule has 108 valence electrons. The predicted molar refractivity (Wildman–Crippen MR) is 78.2 cm³/mol. The molecule has 0 fully saturated rings. The highest BCUT2D eigenvalue weighted by Crippen LogP contribution is 2.18. The summed E-state index contributed by atoms with van der Waals surface area (Å²) in [6.07, 6.45) is 1.87. The van der Waals surface area contributed by atoms with Gasteiger partial charge in [-0.2, -0.15) is 0 Å². The monoisotopic (exact) mass is 275 g/mol. The minimum absolute atomic E-state index is 0.0826. The van der Waals surface area contributed by atoms with Gasteiger partial charge in [0, 0.05) is 17.5 Å². The molecule has 0 unspecified atom stereocenters. The first kappa shape index (κ1) is 14.5. The number of para-hydroxylation sites is 1. The number of fused-ring (bicyclic) bond motifs is 1. The van der Waals surface area contributed by atoms with Gasteiger partial charge < -0.3 is 15.6 Å². The van der Waals surface area contributed by atoms with Crippen LogP contribution in [0.2, 0.25) is 0 Å². The van der Waals surface area contributed by atoms with E-state index >= 15 is 0 Å². The molecule has 20 heavy (non-hydrogen) atoms. The largest absolute Gasteiger partial charge is 0.356 e. The molecule has 0 atom stereocenters. The Morgan fingerprint density at radius 1 is 1.35 bits per heavy atom. The second-order valence-electron chi connectivity index (χ2n) is 5.15. The summed E-state index contributed by atoms with van der Waals surface area (Å²) in [5.41, 5.74) is 7.19. The van der Waals surface area contributed by atoms with Crippen molar-refractivity contribution < 1.29 is 9.32 Å². The number of hydrogen-bond acceptors (Lipinski definition) is 4. The van der Waals surface area contributed by atoms with E-state index in [-0.39, 0.29) is 17.9 Å². The topological polar surface area (TPSA) is 81.1 Å². The first-order chi connectivity index (χ1) is 9.58. The SMILES string of the molecule is CCC(N)(CC)CNC(=O)Cc1noc2ccccc12. The molecule has 1 aromatic carbocycles. The molecule has 2 aromatic rings. The van der Waals surface area contributed by atoms with E-state index in [0.717, 1.165) is 18.2 Å². The molecule has 2 rings (SSSR count). The number of rotatable bonds is 6. The van der Waals surface area contributed by atoms with Gasteiger partial charge in [0.25, 0.3) is 0 Å². The Hall–Kier alpha value is -1.88. The number of nitrogens with zero attached hydrogens (tertiary/aromatic N) is 1. The molecule has 3 N–H and O–H groups in total. The summed E-state index contributed by atoms with van der Waals surface area (Å²) in [4.78, 5) is 12.0. The smallest absolute Gasteiger partial charge is 0.226 e. The van der Waals surface area contributed by atoms with E-state index in [0.29, 0.717) is 17.8 Å². The summed E-state index contributed by atoms with van der Waals surface area (Å²) in [5, 5.41) is 7.72. The highest BCUT2D eigenvalue weighted by Gasteiger charge is 2.21. The summed E-state index contributed by atoms with van der Waals surface area (Å²) < 4.78 is 5.18. The maximum atomic E-state index is 12.0. The van der Waals surface area contributed by atoms with Crippen molar-refractivity contribution in [3.8, 4) is 0 Å². The standard InChI is InChI=1S/C15H21N3O2/c1-3-15(16,4-2)10-17-14(19)9-12-11-7-5-6-8-13(11)20-18-12/h5-8H,3-4,9-10,16H2,1-2H3,(H,17,19). The van der Waals surface area contributed by atoms with Crippen LogP contribution in [0, 0.1) is 0 Å². The Kier molecular flexibility index (Phi) is 4.39. The lowest BCUT2D eigenvalue weighted by molar-refractivity contribution is -0.120. The average Bonchev–Trinajstić information content (AvgIpc) is 2.88. The second-order valence-corrected chi connectivity index (χ2v) is 5.15. The lowest BCUT2D eigenvalue weighted by atomic mass is 9.94. The minimum atomic E-state index is -0.332. The van der Waals surface area contributed by atoms with Crippen LogP contribution in [0.5, 0.6) is 0 Å². The highest BCUT2D eigenvalue weighted by molar-refractivity contribution is 5.86. The molecule has 0 spiro atoms. The fraction of sp³-hybridized carbons (Fsp3) is 0.467. The van der Waals surface area contributed by atoms with Crippen LogP contribution in [0.4, 0.5) is 0 Å². The zero-order valence-electron chi connectivity index (χ0n) is 12.0. The van der Waals surface area contributed by atoms with Crippen LogP contribution in [0.3, 0.4) is 0 Å². The van der Waals surface area contributed by atoms with Gasteiger partial charge in [-0.3, -0.25) is 4.79 Å². The highest BCUT2D eigenvalue weighted by atomic mass is 16.5. The zero-order chi connectivity index (χ0) is 14.6. The number of aromatic nitrogens is 1. The van der Waals surface area contributed by atoms with Gasteiger partial charge in [0.15, 0.2) is 5.58 Å². The van der Waals surface area contributed by atoms with Crippen LogP contribution in [-0.2, 0) is 11.2 Å². The van der Waals surface area contributed by atoms with Crippen LogP contribution in [0.15, 0.2) is 28.8 Å². The summed E-state index contributed by atoms with van der Waals surface area (Å²) in [6.45, 7) is 4.54. The van der Waals surface area contributed by atoms with Gasteiger partial charge in [0.2, 0.25) is 5.91 Å². The fourth-order valence-corrected chi connectivity index (χ4v) is 2.05. The molecule has 0 radical (unpaired) electrons. The van der Waals surface area contributed by atoms with Gasteiger partial charge in [-0.25, -0.2) is 0 Å². The summed E-state index contributed by atoms with van der Waals surface area (Å²) >= 11 is 0. The van der Waals surface area contributed by atoms with Gasteiger partial charge in [-0.1, -0.05) is 31.1 Å². The van der Waals surface area contributed by atoms with Gasteiger partial charge in [-0.15, -0.1) is 0 Å². The molecule has 0 saturated carbocycles. The van der Waals surface area contributed by atoms with Crippen molar-refractivity contribution >= 4 is 16.9 Å². The second kappa shape index (κ2) is 6.05. The van der Waals surface area contributed by atoms with Crippen LogP contribution in [-0.4, -0.2) is 23.1 Å². The van der Waals surface area contributed by atoms with Crippen LogP contribution < -0.4 is 11.1 Å². The zero-order valence-corrected chi connectivity index (χ0v) is 12.0. The number of carbonyl (C=O) groups excluding carboxylic acids is 1. The first-order valence-corrected chi connectivity index (χ1v) is 6.97. The summed E-state index contributed by atoms with van der Waals surface area (Å²) in [6, 6.07) is 7.52. The molecule has 5 heteroatoms. The van der Waals surface area contributed by atoms with Crippen molar-refractivity contribution in [3.05, 3.63) is 30.0 Å². The van der Waals surface area contributed by atoms with E-state index in [2.05, 4.69) is 10.5 Å². The van der Waals surface area contributed by atoms with E-state index in [1.807, 2.05) is 38.1 Å². The maximum absolute atomic E-state index is 12.0. The molecule has 0 aliphatic heterocycles. The molecule has 0 bridgehead atoms. The first-order valence-electron chi connectivity index (χ1n) is 6.97. The molecule has 0 aliphatic rings. The molecule has 1 aromatic heterocycles. The summed E-state index contributed by atoms with van der Waals surface area (Å²) in [5.74, 6) is -0.0826. The van der Waals surface area contributed by atoms with Crippen LogP contribution >= 0.6 is 0 Å². The Balaban J connectivity index is 1.98. The molecule has 0 saturated heterocycles. The van der Waals surface area contributed by atoms with Gasteiger partial charge in [0.1, 0.15) is 5.69 Å². The van der Waals surface area contributed by atoms with E-state index < -0.39 is 0 Å². The molecule has 1 amide bonds. The summed E-state index contributed by atoms with van der Waals surface area (Å²) in [7, 11) is 0. The van der Waals surface area contributed by atoms with Crippen molar-refractivity contribution in [2.75, 3.05) is 6.54 Å². The minimum Gasteiger partial charge on any atom is -0.356 e. The third-order valence-electron chi connectivity index (χ3n) is 3.83. The van der Waals surface area contributed by atoms with Crippen molar-refractivity contribution in [2.45, 2.75) is 38.6 Å². The maximum Gasteiger partial charge on any atom is 0.226 e. The van der Waals surface area contributed by atoms with Gasteiger partial charge in [0.05, 0.1) is 6.42 Å². The quantitative estimate of drug-likeness (QED) is 0.845. The number of amides is 1. The third-order valence-corrected chi connectivity index (χ3v) is 3.83. The van der Waals surface area contributed by atoms with Crippen LogP contribution in [0.1, 0.15) is 32.4 Å². The number of carbonyl (C=O) groups is 1. The Morgan fingerprint density at radius 2 is 2.05 bits per heavy atom. The van der Waals surface area contributed by atoms with E-state index in [9.17, 15) is 4.79 Å². The number of nitrogens with one attached hydrogen (secondary N) is 1. The van der Waals surface area contributed by atoms with E-state index in [4.69, 9.17) is 10.3 Å². The van der Waals surface area contributed by atoms with Crippen molar-refractivity contribution in [3.63, 3.8) is 0 Å². The van der Waals surface area contributed by atoms with Gasteiger partial charge in [-0.05, 0) is 25.0 Å².